The van der Waals surface area contributed by atoms with Crippen LogP contribution in [0.2, 0.25) is 0 Å². The molecule has 1 aromatic carbocycles. The van der Waals surface area contributed by atoms with Crippen LogP contribution in [0.5, 0.6) is 11.5 Å². The van der Waals surface area contributed by atoms with Crippen LogP contribution in [0.4, 0.5) is 4.79 Å². The zero-order chi connectivity index (χ0) is 28.4. The molecule has 1 heterocycles. The van der Waals surface area contributed by atoms with Crippen molar-refractivity contribution in [1.29, 1.82) is 0 Å². The highest BCUT2D eigenvalue weighted by Crippen LogP contribution is 2.41. The van der Waals surface area contributed by atoms with Gasteiger partial charge < -0.3 is 24.4 Å². The van der Waals surface area contributed by atoms with Crippen LogP contribution in [0.1, 0.15) is 111 Å². The normalized spacial score (nSPS) is 16.7. The van der Waals surface area contributed by atoms with E-state index in [0.717, 1.165) is 18.4 Å². The van der Waals surface area contributed by atoms with Crippen molar-refractivity contribution in [3.05, 3.63) is 23.8 Å². The molecule has 8 nitrogen and oxygen atoms in total. The lowest BCUT2D eigenvalue weighted by Gasteiger charge is -2.33. The lowest BCUT2D eigenvalue weighted by Crippen LogP contribution is -2.41. The fraction of sp³-hybridized carbons (Fsp3) is 0.724. The summed E-state index contributed by atoms with van der Waals surface area (Å²) in [6.07, 6.45) is 5.43. The molecule has 214 valence electrons. The van der Waals surface area contributed by atoms with Crippen molar-refractivity contribution in [2.24, 2.45) is 0 Å². The van der Waals surface area contributed by atoms with Gasteiger partial charge in [0.25, 0.3) is 0 Å². The van der Waals surface area contributed by atoms with Gasteiger partial charge >= 0.3 is 12.1 Å². The van der Waals surface area contributed by atoms with Crippen molar-refractivity contribution in [3.8, 4) is 11.5 Å². The number of phenols is 1. The van der Waals surface area contributed by atoms with Crippen LogP contribution >= 0.6 is 0 Å². The number of nitrogens with zero attached hydrogens (tertiary/aromatic N) is 1. The number of carbonyl (C=O) groups excluding carboxylic acids is 1. The number of aliphatic carboxylic acids is 1. The summed E-state index contributed by atoms with van der Waals surface area (Å²) in [6, 6.07) is 4.81. The molecular weight excluding hydrogens is 474 g/mol. The first-order valence-electron chi connectivity index (χ1n) is 13.6. The molecule has 0 aromatic heterocycles. The van der Waals surface area contributed by atoms with E-state index in [4.69, 9.17) is 19.3 Å². The Morgan fingerprint density at radius 3 is 2.19 bits per heavy atom. The van der Waals surface area contributed by atoms with Gasteiger partial charge in [-0.3, -0.25) is 9.69 Å². The van der Waals surface area contributed by atoms with Gasteiger partial charge in [0, 0.05) is 32.6 Å². The number of phenolic OH excluding ortho intramolecular Hbond substituents is 1. The summed E-state index contributed by atoms with van der Waals surface area (Å²) in [5.74, 6) is -0.430. The van der Waals surface area contributed by atoms with Crippen molar-refractivity contribution in [1.82, 2.24) is 4.90 Å². The molecule has 2 atom stereocenters. The molecule has 0 spiro atoms. The minimum Gasteiger partial charge on any atom is -0.504 e. The summed E-state index contributed by atoms with van der Waals surface area (Å²) in [4.78, 5) is 25.7. The fourth-order valence-corrected chi connectivity index (χ4v) is 3.81. The van der Waals surface area contributed by atoms with Crippen LogP contribution in [0.25, 0.3) is 0 Å². The van der Waals surface area contributed by atoms with E-state index in [1.807, 2.05) is 20.8 Å². The number of hydrogen-bond donors (Lipinski definition) is 2. The first kappa shape index (κ1) is 34.5. The minimum absolute atomic E-state index is 0.0426. The minimum atomic E-state index is -0.841. The van der Waals surface area contributed by atoms with Crippen LogP contribution < -0.4 is 4.74 Å². The Hall–Kier alpha value is -2.48. The molecule has 8 heteroatoms. The van der Waals surface area contributed by atoms with Gasteiger partial charge in [-0.15, -0.1) is 0 Å². The van der Waals surface area contributed by atoms with Crippen LogP contribution in [0.3, 0.4) is 0 Å². The molecule has 0 radical (unpaired) electrons. The second kappa shape index (κ2) is 18.7. The SMILES string of the molecule is CCC.CCC.COCCCOc1cc(C2CCC(CCCC(=O)O)N2C(=O)OC(C)(C)C)ccc1O. The molecule has 1 aromatic rings. The summed E-state index contributed by atoms with van der Waals surface area (Å²) in [7, 11) is 1.62. The van der Waals surface area contributed by atoms with Crippen molar-refractivity contribution < 1.29 is 34.0 Å². The van der Waals surface area contributed by atoms with E-state index in [-0.39, 0.29) is 24.3 Å². The molecule has 2 N–H and O–H groups in total. The Morgan fingerprint density at radius 2 is 1.65 bits per heavy atom. The number of carboxylic acid groups (broad SMARTS) is 1. The number of amides is 1. The van der Waals surface area contributed by atoms with E-state index in [0.29, 0.717) is 38.2 Å². The van der Waals surface area contributed by atoms with Crippen LogP contribution in [-0.4, -0.2) is 59.1 Å². The molecule has 0 bridgehead atoms. The van der Waals surface area contributed by atoms with E-state index < -0.39 is 17.7 Å². The number of likely N-dealkylation sites (tertiary alicyclic amines) is 1. The van der Waals surface area contributed by atoms with Gasteiger partial charge in [-0.05, 0) is 64.2 Å². The first-order valence-corrected chi connectivity index (χ1v) is 13.6. The second-order valence-electron chi connectivity index (χ2n) is 10.3. The van der Waals surface area contributed by atoms with Gasteiger partial charge in [-0.25, -0.2) is 4.79 Å². The van der Waals surface area contributed by atoms with Crippen molar-refractivity contribution in [2.75, 3.05) is 20.3 Å². The Balaban J connectivity index is 0.00000196. The number of ether oxygens (including phenoxy) is 3. The van der Waals surface area contributed by atoms with Crippen molar-refractivity contribution >= 4 is 12.1 Å². The Kier molecular flexibility index (Phi) is 17.5. The predicted molar refractivity (Wildman–Crippen MR) is 147 cm³/mol. The molecule has 0 aliphatic carbocycles. The lowest BCUT2D eigenvalue weighted by atomic mass is 10.0. The summed E-state index contributed by atoms with van der Waals surface area (Å²) in [5, 5.41) is 19.1. The standard InChI is InChI=1S/C23H35NO7.2C3H8/c1-23(2,3)31-22(28)24-17(7-5-8-21(26)27)10-11-18(24)16-9-12-19(25)20(15-16)30-14-6-13-29-4;2*1-3-2/h9,12,15,17-18,25H,5-8,10-11,13-14H2,1-4H3,(H,26,27);2*3H2,1-2H3. The van der Waals surface area contributed by atoms with Gasteiger partial charge in [0.1, 0.15) is 5.60 Å². The number of methoxy groups -OCH3 is 1. The van der Waals surface area contributed by atoms with E-state index in [9.17, 15) is 14.7 Å². The Labute approximate surface area is 224 Å². The molecule has 1 saturated heterocycles. The number of aromatic hydroxyl groups is 1. The molecule has 37 heavy (non-hydrogen) atoms. The Bertz CT molecular complexity index is 774. The maximum absolute atomic E-state index is 13.0. The molecule has 2 unspecified atom stereocenters. The third-order valence-electron chi connectivity index (χ3n) is 5.15. The smallest absolute Gasteiger partial charge is 0.411 e. The summed E-state index contributed by atoms with van der Waals surface area (Å²) < 4.78 is 16.4. The van der Waals surface area contributed by atoms with Crippen molar-refractivity contribution in [2.45, 2.75) is 118 Å². The summed E-state index contributed by atoms with van der Waals surface area (Å²) in [6.45, 7) is 14.9. The van der Waals surface area contributed by atoms with Crippen LogP contribution in [-0.2, 0) is 14.3 Å². The van der Waals surface area contributed by atoms with Crippen molar-refractivity contribution in [3.63, 3.8) is 0 Å². The first-order chi connectivity index (χ1) is 17.4. The van der Waals surface area contributed by atoms with Crippen LogP contribution in [0.15, 0.2) is 18.2 Å². The quantitative estimate of drug-likeness (QED) is 0.308. The zero-order valence-corrected chi connectivity index (χ0v) is 24.3. The third kappa shape index (κ3) is 14.1. The molecule has 1 amide bonds. The van der Waals surface area contributed by atoms with Crippen LogP contribution in [0, 0.1) is 0 Å². The lowest BCUT2D eigenvalue weighted by molar-refractivity contribution is -0.137. The van der Waals surface area contributed by atoms with Gasteiger partial charge in [-0.2, -0.15) is 0 Å². The maximum Gasteiger partial charge on any atom is 0.411 e. The predicted octanol–water partition coefficient (Wildman–Crippen LogP) is 7.34. The fourth-order valence-electron chi connectivity index (χ4n) is 3.81. The monoisotopic (exact) mass is 525 g/mol. The zero-order valence-electron chi connectivity index (χ0n) is 24.3. The van der Waals surface area contributed by atoms with E-state index in [2.05, 4.69) is 27.7 Å². The highest BCUT2D eigenvalue weighted by molar-refractivity contribution is 5.70. The average molecular weight is 526 g/mol. The number of benzene rings is 1. The highest BCUT2D eigenvalue weighted by Gasteiger charge is 2.40. The van der Waals surface area contributed by atoms with Gasteiger partial charge in [0.05, 0.1) is 12.6 Å². The summed E-state index contributed by atoms with van der Waals surface area (Å²) >= 11 is 0. The average Bonchev–Trinajstić information content (AvgIpc) is 3.21. The maximum atomic E-state index is 13.0. The topological polar surface area (TPSA) is 106 Å². The Morgan fingerprint density at radius 1 is 1.03 bits per heavy atom. The number of rotatable bonds is 10. The third-order valence-corrected chi connectivity index (χ3v) is 5.15. The van der Waals surface area contributed by atoms with Gasteiger partial charge in [-0.1, -0.05) is 46.6 Å². The highest BCUT2D eigenvalue weighted by atomic mass is 16.6. The largest absolute Gasteiger partial charge is 0.504 e. The molecular formula is C29H51NO7. The van der Waals surface area contributed by atoms with E-state index >= 15 is 0 Å². The molecule has 1 aliphatic rings. The van der Waals surface area contributed by atoms with Gasteiger partial charge in [0.15, 0.2) is 11.5 Å². The number of carboxylic acids is 1. The molecule has 1 fully saturated rings. The van der Waals surface area contributed by atoms with Gasteiger partial charge in [0.2, 0.25) is 0 Å². The van der Waals surface area contributed by atoms with E-state index in [1.165, 1.54) is 12.8 Å². The number of hydrogen-bond acceptors (Lipinski definition) is 6. The second-order valence-corrected chi connectivity index (χ2v) is 10.3. The number of carbonyl (C=O) groups is 2. The molecule has 2 rings (SSSR count). The molecule has 1 aliphatic heterocycles. The molecule has 0 saturated carbocycles. The summed E-state index contributed by atoms with van der Waals surface area (Å²) in [5.41, 5.74) is 0.214. The van der Waals surface area contributed by atoms with E-state index in [1.54, 1.807) is 30.2 Å².